The quantitative estimate of drug-likeness (QED) is 0.198. The summed E-state index contributed by atoms with van der Waals surface area (Å²) in [4.78, 5) is 4.80. The second-order valence-electron chi connectivity index (χ2n) is 13.1. The summed E-state index contributed by atoms with van der Waals surface area (Å²) in [6, 6.07) is 54.5. The van der Waals surface area contributed by atoms with Crippen LogP contribution in [-0.2, 0) is 5.41 Å². The molecule has 0 saturated heterocycles. The number of para-hydroxylation sites is 2. The topological polar surface area (TPSA) is 15.7 Å². The molecular weight excluding hydrogens is 572 g/mol. The van der Waals surface area contributed by atoms with Gasteiger partial charge in [0.15, 0.2) is 11.5 Å². The molecule has 0 unspecified atom stereocenters. The molecule has 9 rings (SSSR count). The molecule has 0 N–H and O–H groups in total. The van der Waals surface area contributed by atoms with Gasteiger partial charge in [0.1, 0.15) is 0 Å². The lowest BCUT2D eigenvalue weighted by Gasteiger charge is -2.46. The van der Waals surface area contributed by atoms with E-state index in [1.165, 1.54) is 44.3 Å². The lowest BCUT2D eigenvalue weighted by atomic mass is 9.73. The molecule has 3 nitrogen and oxygen atoms in total. The van der Waals surface area contributed by atoms with Crippen molar-refractivity contribution >= 4 is 44.9 Å². The molecule has 0 spiro atoms. The molecule has 0 bridgehead atoms. The molecule has 47 heavy (non-hydrogen) atoms. The maximum atomic E-state index is 6.85. The van der Waals surface area contributed by atoms with Crippen molar-refractivity contribution in [1.29, 1.82) is 0 Å². The van der Waals surface area contributed by atoms with Gasteiger partial charge in [-0.3, -0.25) is 0 Å². The van der Waals surface area contributed by atoms with Crippen molar-refractivity contribution in [3.05, 3.63) is 168 Å². The standard InChI is InChI=1S/C44H34N2O/c1-29-12-11-19-40-42(29)46-39-18-10-9-17-37(39)44(2,3)38-27-36(28-41(47-40)43(38)46)45(35-25-22-31-15-7-8-16-33(31)26-35)34-23-20-32(21-24-34)30-13-5-4-6-14-30/h4-28H,1-3H3. The normalized spacial score (nSPS) is 13.7. The predicted octanol–water partition coefficient (Wildman–Crippen LogP) is 12.5. The van der Waals surface area contributed by atoms with Gasteiger partial charge in [0, 0.05) is 22.9 Å². The van der Waals surface area contributed by atoms with Crippen LogP contribution in [0.4, 0.5) is 34.1 Å². The van der Waals surface area contributed by atoms with E-state index in [1.807, 2.05) is 0 Å². The summed E-state index contributed by atoms with van der Waals surface area (Å²) >= 11 is 0. The molecule has 2 aliphatic heterocycles. The molecule has 2 aliphatic rings. The summed E-state index contributed by atoms with van der Waals surface area (Å²) < 4.78 is 6.85. The van der Waals surface area contributed by atoms with E-state index in [9.17, 15) is 0 Å². The first kappa shape index (κ1) is 27.5. The van der Waals surface area contributed by atoms with Crippen molar-refractivity contribution in [2.45, 2.75) is 26.2 Å². The third kappa shape index (κ3) is 4.27. The van der Waals surface area contributed by atoms with Gasteiger partial charge in [-0.2, -0.15) is 0 Å². The highest BCUT2D eigenvalue weighted by Crippen LogP contribution is 2.61. The second-order valence-corrected chi connectivity index (χ2v) is 13.1. The minimum absolute atomic E-state index is 0.261. The first-order valence-corrected chi connectivity index (χ1v) is 16.3. The van der Waals surface area contributed by atoms with Crippen LogP contribution >= 0.6 is 0 Å². The molecule has 7 aromatic carbocycles. The Morgan fingerprint density at radius 3 is 2.04 bits per heavy atom. The van der Waals surface area contributed by atoms with E-state index in [-0.39, 0.29) is 5.41 Å². The van der Waals surface area contributed by atoms with Gasteiger partial charge in [-0.1, -0.05) is 117 Å². The van der Waals surface area contributed by atoms with E-state index in [1.54, 1.807) is 0 Å². The van der Waals surface area contributed by atoms with Gasteiger partial charge in [0.2, 0.25) is 0 Å². The zero-order chi connectivity index (χ0) is 31.7. The van der Waals surface area contributed by atoms with Crippen LogP contribution in [-0.4, -0.2) is 0 Å². The van der Waals surface area contributed by atoms with E-state index < -0.39 is 0 Å². The minimum atomic E-state index is -0.261. The van der Waals surface area contributed by atoms with E-state index in [0.717, 1.165) is 39.9 Å². The van der Waals surface area contributed by atoms with E-state index in [2.05, 4.69) is 182 Å². The number of anilines is 6. The van der Waals surface area contributed by atoms with Crippen molar-refractivity contribution < 1.29 is 4.74 Å². The average Bonchev–Trinajstić information content (AvgIpc) is 3.11. The SMILES string of the molecule is Cc1cccc2c1N1c3ccccc3C(C)(C)c3cc(N(c4ccc(-c5ccccc5)cc4)c4ccc5ccccc5c4)cc(c31)O2. The fraction of sp³-hybridized carbons (Fsp3) is 0.0909. The number of ether oxygens (including phenoxy) is 1. The third-order valence-corrected chi connectivity index (χ3v) is 9.90. The molecular formula is C44H34N2O. The Balaban J connectivity index is 1.28. The number of hydrogen-bond donors (Lipinski definition) is 0. The summed E-state index contributed by atoms with van der Waals surface area (Å²) in [7, 11) is 0. The van der Waals surface area contributed by atoms with Crippen LogP contribution in [0.1, 0.15) is 30.5 Å². The molecule has 0 fully saturated rings. The smallest absolute Gasteiger partial charge is 0.153 e. The molecule has 0 saturated carbocycles. The Morgan fingerprint density at radius 2 is 1.21 bits per heavy atom. The third-order valence-electron chi connectivity index (χ3n) is 9.90. The van der Waals surface area contributed by atoms with Crippen molar-refractivity contribution in [2.75, 3.05) is 9.80 Å². The lowest BCUT2D eigenvalue weighted by Crippen LogP contribution is -2.33. The van der Waals surface area contributed by atoms with Crippen molar-refractivity contribution in [3.8, 4) is 22.6 Å². The number of aryl methyl sites for hydroxylation is 1. The summed E-state index contributed by atoms with van der Waals surface area (Å²) in [5.74, 6) is 1.74. The molecule has 226 valence electrons. The Morgan fingerprint density at radius 1 is 0.511 bits per heavy atom. The number of nitrogens with zero attached hydrogens (tertiary/aromatic N) is 2. The molecule has 2 heterocycles. The van der Waals surface area contributed by atoms with Gasteiger partial charge < -0.3 is 14.5 Å². The average molecular weight is 607 g/mol. The first-order valence-electron chi connectivity index (χ1n) is 16.3. The molecule has 0 atom stereocenters. The zero-order valence-corrected chi connectivity index (χ0v) is 26.7. The number of hydrogen-bond acceptors (Lipinski definition) is 3. The van der Waals surface area contributed by atoms with Crippen LogP contribution in [0.25, 0.3) is 21.9 Å². The summed E-state index contributed by atoms with van der Waals surface area (Å²) in [6.07, 6.45) is 0. The highest BCUT2D eigenvalue weighted by atomic mass is 16.5. The van der Waals surface area contributed by atoms with Gasteiger partial charge in [-0.05, 0) is 88.0 Å². The van der Waals surface area contributed by atoms with Gasteiger partial charge >= 0.3 is 0 Å². The molecule has 0 amide bonds. The van der Waals surface area contributed by atoms with Crippen LogP contribution in [0, 0.1) is 6.92 Å². The number of rotatable bonds is 4. The first-order chi connectivity index (χ1) is 23.0. The Hall–Kier alpha value is -5.80. The largest absolute Gasteiger partial charge is 0.453 e. The molecule has 0 aliphatic carbocycles. The monoisotopic (exact) mass is 606 g/mol. The zero-order valence-electron chi connectivity index (χ0n) is 26.7. The summed E-state index contributed by atoms with van der Waals surface area (Å²) in [5.41, 5.74) is 12.6. The second kappa shape index (κ2) is 10.4. The van der Waals surface area contributed by atoms with Crippen LogP contribution in [0.15, 0.2) is 152 Å². The minimum Gasteiger partial charge on any atom is -0.453 e. The molecule has 0 radical (unpaired) electrons. The highest BCUT2D eigenvalue weighted by molar-refractivity contribution is 5.97. The molecule has 3 heteroatoms. The maximum Gasteiger partial charge on any atom is 0.153 e. The van der Waals surface area contributed by atoms with Crippen LogP contribution in [0.5, 0.6) is 11.5 Å². The molecule has 0 aromatic heterocycles. The van der Waals surface area contributed by atoms with Gasteiger partial charge in [0.05, 0.1) is 22.7 Å². The lowest BCUT2D eigenvalue weighted by molar-refractivity contribution is 0.471. The van der Waals surface area contributed by atoms with Crippen LogP contribution in [0.2, 0.25) is 0 Å². The summed E-state index contributed by atoms with van der Waals surface area (Å²) in [5, 5.41) is 2.43. The number of fused-ring (bicyclic) bond motifs is 5. The van der Waals surface area contributed by atoms with E-state index in [4.69, 9.17) is 4.74 Å². The fourth-order valence-corrected chi connectivity index (χ4v) is 7.52. The van der Waals surface area contributed by atoms with Gasteiger partial charge in [0.25, 0.3) is 0 Å². The van der Waals surface area contributed by atoms with E-state index >= 15 is 0 Å². The van der Waals surface area contributed by atoms with Crippen molar-refractivity contribution in [3.63, 3.8) is 0 Å². The Labute approximate surface area is 275 Å². The Kier molecular flexibility index (Phi) is 6.07. The highest BCUT2D eigenvalue weighted by Gasteiger charge is 2.42. The van der Waals surface area contributed by atoms with Gasteiger partial charge in [-0.25, -0.2) is 0 Å². The summed E-state index contributed by atoms with van der Waals surface area (Å²) in [6.45, 7) is 6.85. The van der Waals surface area contributed by atoms with Crippen molar-refractivity contribution in [2.24, 2.45) is 0 Å². The molecule has 7 aromatic rings. The van der Waals surface area contributed by atoms with Gasteiger partial charge in [-0.15, -0.1) is 0 Å². The van der Waals surface area contributed by atoms with E-state index in [0.29, 0.717) is 0 Å². The van der Waals surface area contributed by atoms with Crippen LogP contribution < -0.4 is 14.5 Å². The number of benzene rings is 7. The Bertz CT molecular complexity index is 2320. The van der Waals surface area contributed by atoms with Crippen molar-refractivity contribution in [1.82, 2.24) is 0 Å². The fourth-order valence-electron chi connectivity index (χ4n) is 7.52. The van der Waals surface area contributed by atoms with Crippen LogP contribution in [0.3, 0.4) is 0 Å². The maximum absolute atomic E-state index is 6.85. The predicted molar refractivity (Wildman–Crippen MR) is 196 cm³/mol.